The molecule has 190 valence electrons. The molecule has 1 aliphatic carbocycles. The van der Waals surface area contributed by atoms with Crippen LogP contribution in [-0.2, 0) is 0 Å². The molecule has 10 heteroatoms. The molecule has 0 radical (unpaired) electrons. The molecule has 2 aliphatic heterocycles. The third-order valence-electron chi connectivity index (χ3n) is 7.04. The Bertz CT molecular complexity index is 1380. The highest BCUT2D eigenvalue weighted by Crippen LogP contribution is 2.37. The van der Waals surface area contributed by atoms with Crippen molar-refractivity contribution in [3.05, 3.63) is 76.5 Å². The lowest BCUT2D eigenvalue weighted by molar-refractivity contribution is 0.260. The second-order valence-corrected chi connectivity index (χ2v) is 10.2. The van der Waals surface area contributed by atoms with Crippen molar-refractivity contribution in [2.75, 3.05) is 23.8 Å². The fraction of sp³-hybridized carbons (Fsp3) is 0.333. The number of hydrazine groups is 3. The number of piperidine rings is 1. The minimum Gasteiger partial charge on any atom is -0.373 e. The molecule has 2 aromatic carbocycles. The zero-order valence-electron chi connectivity index (χ0n) is 20.3. The number of hydrogen-bond acceptors (Lipinski definition) is 8. The summed E-state index contributed by atoms with van der Waals surface area (Å²) in [4.78, 5) is 4.48. The molecule has 37 heavy (non-hydrogen) atoms. The number of hydrogen-bond donors (Lipinski definition) is 4. The van der Waals surface area contributed by atoms with Crippen molar-refractivity contribution in [3.63, 3.8) is 0 Å². The van der Waals surface area contributed by atoms with E-state index in [1.807, 2.05) is 12.1 Å². The molecule has 3 aromatic rings. The van der Waals surface area contributed by atoms with Gasteiger partial charge in [0.25, 0.3) is 0 Å². The van der Waals surface area contributed by atoms with E-state index in [4.69, 9.17) is 11.6 Å². The normalized spacial score (nSPS) is 18.7. The maximum absolute atomic E-state index is 13.7. The second-order valence-electron chi connectivity index (χ2n) is 9.76. The van der Waals surface area contributed by atoms with Crippen LogP contribution >= 0.6 is 11.6 Å². The Morgan fingerprint density at radius 3 is 2.65 bits per heavy atom. The number of halogens is 2. The van der Waals surface area contributed by atoms with Gasteiger partial charge in [-0.15, -0.1) is 5.53 Å². The third kappa shape index (κ3) is 5.01. The first-order valence-corrected chi connectivity index (χ1v) is 13.0. The van der Waals surface area contributed by atoms with Crippen LogP contribution in [0.2, 0.25) is 5.02 Å². The van der Waals surface area contributed by atoms with Crippen LogP contribution in [0, 0.1) is 17.1 Å². The first-order chi connectivity index (χ1) is 18.1. The number of aromatic nitrogens is 1. The second kappa shape index (κ2) is 10.1. The summed E-state index contributed by atoms with van der Waals surface area (Å²) in [5, 5.41) is 18.9. The van der Waals surface area contributed by atoms with Crippen molar-refractivity contribution >= 4 is 33.9 Å². The Hall–Kier alpha value is -3.58. The molecule has 1 unspecified atom stereocenters. The first kappa shape index (κ1) is 23.8. The van der Waals surface area contributed by atoms with E-state index in [1.165, 1.54) is 18.6 Å². The summed E-state index contributed by atoms with van der Waals surface area (Å²) in [6.07, 6.45) is 9.35. The van der Waals surface area contributed by atoms with E-state index in [-0.39, 0.29) is 11.9 Å². The highest BCUT2D eigenvalue weighted by Gasteiger charge is 2.32. The smallest absolute Gasteiger partial charge is 0.123 e. The first-order valence-electron chi connectivity index (χ1n) is 12.7. The molecule has 1 saturated heterocycles. The van der Waals surface area contributed by atoms with Crippen molar-refractivity contribution in [2.24, 2.45) is 0 Å². The van der Waals surface area contributed by atoms with Gasteiger partial charge >= 0.3 is 0 Å². The number of nitriles is 1. The Kier molecular flexibility index (Phi) is 6.47. The van der Waals surface area contributed by atoms with E-state index >= 15 is 0 Å². The molecule has 0 amide bonds. The molecule has 0 bridgehead atoms. The number of benzene rings is 2. The molecular formula is C27H28ClFN8. The molecular weight excluding hydrogens is 491 g/mol. The van der Waals surface area contributed by atoms with Crippen LogP contribution < -0.4 is 21.7 Å². The average molecular weight is 519 g/mol. The van der Waals surface area contributed by atoms with Gasteiger partial charge in [0.1, 0.15) is 11.9 Å². The Morgan fingerprint density at radius 1 is 1.14 bits per heavy atom. The molecule has 6 rings (SSSR count). The highest BCUT2D eigenvalue weighted by atomic mass is 35.5. The van der Waals surface area contributed by atoms with Crippen LogP contribution in [0.25, 0.3) is 10.9 Å². The summed E-state index contributed by atoms with van der Waals surface area (Å²) >= 11 is 6.73. The van der Waals surface area contributed by atoms with Gasteiger partial charge in [0.2, 0.25) is 0 Å². The standard InChI is InChI=1S/C27H28ClFN8/c28-23-13-20(12-22-25(18(14-30)15-31-27(22)23)34-36-10-2-1-3-11-36)32-26(17-4-6-19(29)7-5-17)24-16-37(35-33-24)21-8-9-21/h4-7,12-13,15-16,21,26,32-33,35H,1-3,8-11H2,(H,31,34). The minimum atomic E-state index is -0.295. The third-order valence-corrected chi connectivity index (χ3v) is 7.33. The summed E-state index contributed by atoms with van der Waals surface area (Å²) in [6.45, 7) is 1.83. The lowest BCUT2D eigenvalue weighted by atomic mass is 10.0. The van der Waals surface area contributed by atoms with Crippen LogP contribution in [-0.4, -0.2) is 34.1 Å². The van der Waals surface area contributed by atoms with Gasteiger partial charge in [-0.25, -0.2) is 9.40 Å². The van der Waals surface area contributed by atoms with Crippen LogP contribution in [0.1, 0.15) is 49.3 Å². The topological polar surface area (TPSA) is 91.3 Å². The lowest BCUT2D eigenvalue weighted by Crippen LogP contribution is -2.38. The molecule has 4 N–H and O–H groups in total. The van der Waals surface area contributed by atoms with E-state index in [1.54, 1.807) is 18.3 Å². The van der Waals surface area contributed by atoms with Crippen molar-refractivity contribution < 1.29 is 4.39 Å². The van der Waals surface area contributed by atoms with Gasteiger partial charge in [-0.1, -0.05) is 30.2 Å². The number of nitrogens with zero attached hydrogens (tertiary/aromatic N) is 4. The predicted octanol–water partition coefficient (Wildman–Crippen LogP) is 5.19. The number of fused-ring (bicyclic) bond motifs is 1. The van der Waals surface area contributed by atoms with E-state index in [0.29, 0.717) is 27.8 Å². The van der Waals surface area contributed by atoms with Gasteiger partial charge in [0.05, 0.1) is 33.5 Å². The average Bonchev–Trinajstić information content (AvgIpc) is 3.65. The molecule has 1 atom stereocenters. The van der Waals surface area contributed by atoms with Crippen molar-refractivity contribution in [1.82, 2.24) is 26.0 Å². The van der Waals surface area contributed by atoms with E-state index in [2.05, 4.69) is 49.0 Å². The minimum absolute atomic E-state index is 0.286. The Labute approximate surface area is 220 Å². The highest BCUT2D eigenvalue weighted by molar-refractivity contribution is 6.35. The Morgan fingerprint density at radius 2 is 1.92 bits per heavy atom. The molecule has 0 spiro atoms. The SMILES string of the molecule is N#Cc1cnc2c(Cl)cc(NC(C3=CN(C4CC4)NN3)c3ccc(F)cc3)cc2c1NN1CCCCC1. The summed E-state index contributed by atoms with van der Waals surface area (Å²) in [5.41, 5.74) is 14.3. The fourth-order valence-electron chi connectivity index (χ4n) is 4.91. The zero-order valence-corrected chi connectivity index (χ0v) is 21.0. The van der Waals surface area contributed by atoms with Gasteiger partial charge in [0.15, 0.2) is 0 Å². The van der Waals surface area contributed by atoms with Crippen molar-refractivity contribution in [1.29, 1.82) is 5.26 Å². The molecule has 3 aliphatic rings. The van der Waals surface area contributed by atoms with Gasteiger partial charge in [-0.2, -0.15) is 5.26 Å². The van der Waals surface area contributed by atoms with E-state index < -0.39 is 0 Å². The number of anilines is 2. The number of rotatable bonds is 7. The van der Waals surface area contributed by atoms with E-state index in [9.17, 15) is 9.65 Å². The largest absolute Gasteiger partial charge is 0.373 e. The van der Waals surface area contributed by atoms with Crippen LogP contribution in [0.5, 0.6) is 0 Å². The zero-order chi connectivity index (χ0) is 25.4. The van der Waals surface area contributed by atoms with Gasteiger partial charge in [0, 0.05) is 42.6 Å². The van der Waals surface area contributed by atoms with Crippen LogP contribution in [0.3, 0.4) is 0 Å². The maximum Gasteiger partial charge on any atom is 0.123 e. The summed E-state index contributed by atoms with van der Waals surface area (Å²) in [6, 6.07) is 12.7. The monoisotopic (exact) mass is 518 g/mol. The maximum atomic E-state index is 13.7. The molecule has 8 nitrogen and oxygen atoms in total. The van der Waals surface area contributed by atoms with Gasteiger partial charge in [-0.05, 0) is 55.5 Å². The van der Waals surface area contributed by atoms with Crippen molar-refractivity contribution in [3.8, 4) is 6.07 Å². The van der Waals surface area contributed by atoms with E-state index in [0.717, 1.165) is 61.1 Å². The summed E-state index contributed by atoms with van der Waals surface area (Å²) < 4.78 is 13.7. The van der Waals surface area contributed by atoms with Crippen molar-refractivity contribution in [2.45, 2.75) is 44.2 Å². The number of pyridine rings is 1. The Balaban J connectivity index is 1.39. The molecule has 1 saturated carbocycles. The molecule has 1 aromatic heterocycles. The summed E-state index contributed by atoms with van der Waals surface area (Å²) in [5.74, 6) is -0.286. The summed E-state index contributed by atoms with van der Waals surface area (Å²) in [7, 11) is 0. The molecule has 3 heterocycles. The van der Waals surface area contributed by atoms with Gasteiger partial charge < -0.3 is 16.2 Å². The van der Waals surface area contributed by atoms with Crippen LogP contribution in [0.4, 0.5) is 15.8 Å². The van der Waals surface area contributed by atoms with Gasteiger partial charge in [-0.3, -0.25) is 9.99 Å². The quantitative estimate of drug-likeness (QED) is 0.339. The lowest BCUT2D eigenvalue weighted by Gasteiger charge is -2.29. The number of nitrogens with one attached hydrogen (secondary N) is 4. The predicted molar refractivity (Wildman–Crippen MR) is 142 cm³/mol. The molecule has 2 fully saturated rings. The fourth-order valence-corrected chi connectivity index (χ4v) is 5.18. The van der Waals surface area contributed by atoms with Crippen LogP contribution in [0.15, 0.2) is 54.5 Å².